The summed E-state index contributed by atoms with van der Waals surface area (Å²) in [6.45, 7) is 12.1. The number of rotatable bonds is 7. The van der Waals surface area contributed by atoms with Crippen molar-refractivity contribution < 1.29 is 38.4 Å². The number of aliphatic hydroxyl groups is 1. The number of nitrogens with zero attached hydrogens (tertiary/aromatic N) is 3. The summed E-state index contributed by atoms with van der Waals surface area (Å²) in [6, 6.07) is 11.3. The highest BCUT2D eigenvalue weighted by Gasteiger charge is 2.80. The number of hydrogen-bond acceptors (Lipinski definition) is 11. The smallest absolute Gasteiger partial charge is 0.344 e. The van der Waals surface area contributed by atoms with Gasteiger partial charge < -0.3 is 38.8 Å². The number of likely N-dealkylation sites (N-methyl/N-ethyl adjacent to an activating group) is 1. The second kappa shape index (κ2) is 13.8. The first-order valence-corrected chi connectivity index (χ1v) is 21.5. The molecule has 6 heterocycles. The van der Waals surface area contributed by atoms with E-state index < -0.39 is 45.9 Å². The van der Waals surface area contributed by atoms with E-state index in [1.54, 1.807) is 7.11 Å². The number of carbonyl (C=O) groups is 3. The number of H-pyrrole nitrogens is 1. The Labute approximate surface area is 347 Å². The Morgan fingerprint density at radius 3 is 2.42 bits per heavy atom. The molecule has 3 fully saturated rings. The molecule has 59 heavy (non-hydrogen) atoms. The second-order valence-electron chi connectivity index (χ2n) is 18.8. The van der Waals surface area contributed by atoms with Crippen molar-refractivity contribution in [2.24, 2.45) is 16.7 Å². The maximum absolute atomic E-state index is 15.4. The number of anilines is 1. The SMILES string of the molecule is CCC1(C)CC2CN(CCc3c([nH]c4ccccc34)[C@@](C(=O)OC)(c3cc4c(cc3OC)N(C)[C@H]3C(O)(C(=O)OC)[C@H](OC(C)=O)[C@]5(CC)C=CCN6CC[C@]43[C@@H]65)C2)C1. The quantitative estimate of drug-likeness (QED) is 0.184. The Morgan fingerprint density at radius 1 is 0.966 bits per heavy atom. The third-order valence-corrected chi connectivity index (χ3v) is 16.0. The highest BCUT2D eigenvalue weighted by atomic mass is 16.6. The van der Waals surface area contributed by atoms with Gasteiger partial charge in [-0.3, -0.25) is 14.5 Å². The fourth-order valence-corrected chi connectivity index (χ4v) is 13.8. The number of benzene rings is 2. The Kier molecular flexibility index (Phi) is 9.38. The summed E-state index contributed by atoms with van der Waals surface area (Å²) in [4.78, 5) is 53.6. The van der Waals surface area contributed by atoms with Gasteiger partial charge in [0.2, 0.25) is 5.60 Å². The van der Waals surface area contributed by atoms with Gasteiger partial charge in [-0.2, -0.15) is 0 Å². The molecule has 2 bridgehead atoms. The number of aromatic nitrogens is 1. The van der Waals surface area contributed by atoms with E-state index in [1.165, 1.54) is 21.1 Å². The van der Waals surface area contributed by atoms with E-state index in [0.717, 1.165) is 72.3 Å². The average Bonchev–Trinajstić information content (AvgIpc) is 3.90. The standard InChI is InChI=1S/C47H60N4O8/c1-9-43(4)24-29-25-46(41(53)57-7,37-31(16-20-50(26-29)27-43)30-14-11-12-15-34(30)48-37)33-22-32-35(23-36(33)56-6)49(5)39-45(32)18-21-51-19-13-17-44(10-2,38(45)51)40(59-28(3)52)47(39,55)42(54)58-8/h11-15,17,22-23,29,38-40,48,55H,9-10,16,18-21,24-27H2,1-8H3/t29?,38-,39+,40+,43?,44+,45+,46-,47?/m0/s1. The molecule has 5 aliphatic heterocycles. The molecule has 4 unspecified atom stereocenters. The van der Waals surface area contributed by atoms with Crippen LogP contribution in [0.5, 0.6) is 5.75 Å². The lowest BCUT2D eigenvalue weighted by atomic mass is 9.47. The molecule has 2 saturated heterocycles. The zero-order valence-electron chi connectivity index (χ0n) is 35.9. The van der Waals surface area contributed by atoms with Gasteiger partial charge in [-0.15, -0.1) is 0 Å². The van der Waals surface area contributed by atoms with Crippen LogP contribution in [-0.2, 0) is 45.8 Å². The zero-order valence-corrected chi connectivity index (χ0v) is 35.9. The van der Waals surface area contributed by atoms with Gasteiger partial charge in [0.1, 0.15) is 11.2 Å². The molecule has 1 aliphatic carbocycles. The van der Waals surface area contributed by atoms with Crippen LogP contribution in [0.25, 0.3) is 10.9 Å². The van der Waals surface area contributed by atoms with Gasteiger partial charge in [0.25, 0.3) is 0 Å². The molecule has 316 valence electrons. The van der Waals surface area contributed by atoms with Gasteiger partial charge in [-0.05, 0) is 79.7 Å². The molecule has 6 aliphatic rings. The molecule has 10 atom stereocenters. The van der Waals surface area contributed by atoms with Crippen LogP contribution in [0.15, 0.2) is 48.6 Å². The number of esters is 3. The summed E-state index contributed by atoms with van der Waals surface area (Å²) in [5.41, 5.74) is -0.0343. The number of carbonyl (C=O) groups excluding carboxylic acids is 3. The lowest BCUT2D eigenvalue weighted by Crippen LogP contribution is -2.81. The molecule has 2 N–H and O–H groups in total. The van der Waals surface area contributed by atoms with Crippen LogP contribution in [0.2, 0.25) is 0 Å². The number of para-hydroxylation sites is 1. The van der Waals surface area contributed by atoms with Gasteiger partial charge in [-0.25, -0.2) is 4.79 Å². The van der Waals surface area contributed by atoms with E-state index in [2.05, 4.69) is 65.0 Å². The summed E-state index contributed by atoms with van der Waals surface area (Å²) < 4.78 is 24.1. The summed E-state index contributed by atoms with van der Waals surface area (Å²) in [7, 11) is 6.29. The molecule has 1 aromatic heterocycles. The minimum Gasteiger partial charge on any atom is -0.496 e. The summed E-state index contributed by atoms with van der Waals surface area (Å²) in [5, 5.41) is 14.4. The first-order valence-electron chi connectivity index (χ1n) is 21.5. The Hall–Kier alpha value is -4.39. The largest absolute Gasteiger partial charge is 0.496 e. The molecule has 1 spiro atoms. The van der Waals surface area contributed by atoms with Crippen LogP contribution in [-0.4, -0.2) is 123 Å². The monoisotopic (exact) mass is 808 g/mol. The van der Waals surface area contributed by atoms with Crippen LogP contribution in [0.1, 0.15) is 82.2 Å². The molecule has 9 rings (SSSR count). The average molecular weight is 809 g/mol. The van der Waals surface area contributed by atoms with E-state index >= 15 is 4.79 Å². The molecule has 0 radical (unpaired) electrons. The van der Waals surface area contributed by atoms with Crippen molar-refractivity contribution in [2.45, 2.75) is 101 Å². The molecular weight excluding hydrogens is 749 g/mol. The molecule has 12 heteroatoms. The van der Waals surface area contributed by atoms with Gasteiger partial charge >= 0.3 is 17.9 Å². The predicted molar refractivity (Wildman–Crippen MR) is 224 cm³/mol. The molecule has 3 aromatic rings. The van der Waals surface area contributed by atoms with Crippen molar-refractivity contribution in [1.82, 2.24) is 14.8 Å². The minimum absolute atomic E-state index is 0.0754. The predicted octanol–water partition coefficient (Wildman–Crippen LogP) is 5.27. The minimum atomic E-state index is -2.27. The molecule has 1 saturated carbocycles. The van der Waals surface area contributed by atoms with E-state index in [-0.39, 0.29) is 23.3 Å². The highest BCUT2D eigenvalue weighted by molar-refractivity contribution is 5.95. The van der Waals surface area contributed by atoms with Crippen LogP contribution in [0.4, 0.5) is 5.69 Å². The number of nitrogens with one attached hydrogen (secondary N) is 1. The van der Waals surface area contributed by atoms with Crippen molar-refractivity contribution in [2.75, 3.05) is 66.0 Å². The van der Waals surface area contributed by atoms with Crippen molar-refractivity contribution in [3.05, 3.63) is 70.9 Å². The molecule has 2 aromatic carbocycles. The third-order valence-electron chi connectivity index (χ3n) is 16.0. The summed E-state index contributed by atoms with van der Waals surface area (Å²) in [5.74, 6) is -1.13. The van der Waals surface area contributed by atoms with Crippen molar-refractivity contribution in [3.63, 3.8) is 0 Å². The van der Waals surface area contributed by atoms with E-state index in [1.807, 2.05) is 31.0 Å². The summed E-state index contributed by atoms with van der Waals surface area (Å²) >= 11 is 0. The van der Waals surface area contributed by atoms with Gasteiger partial charge in [0.05, 0.1) is 27.4 Å². The van der Waals surface area contributed by atoms with Gasteiger partial charge in [0.15, 0.2) is 6.10 Å². The van der Waals surface area contributed by atoms with Crippen LogP contribution < -0.4 is 9.64 Å². The number of hydrogen-bond donors (Lipinski definition) is 2. The molecule has 12 nitrogen and oxygen atoms in total. The van der Waals surface area contributed by atoms with Crippen LogP contribution >= 0.6 is 0 Å². The lowest BCUT2D eigenvalue weighted by Gasteiger charge is -2.63. The van der Waals surface area contributed by atoms with Gasteiger partial charge in [0, 0.05) is 90.9 Å². The topological polar surface area (TPSA) is 134 Å². The van der Waals surface area contributed by atoms with Crippen molar-refractivity contribution in [1.29, 1.82) is 0 Å². The Bertz CT molecular complexity index is 2250. The van der Waals surface area contributed by atoms with E-state index in [0.29, 0.717) is 43.7 Å². The number of methoxy groups -OCH3 is 3. The summed E-state index contributed by atoms with van der Waals surface area (Å²) in [6.07, 6.45) is 7.23. The number of piperidine rings is 1. The first-order chi connectivity index (χ1) is 28.2. The molecule has 0 amide bonds. The third kappa shape index (κ3) is 5.21. The van der Waals surface area contributed by atoms with E-state index in [9.17, 15) is 14.7 Å². The second-order valence-corrected chi connectivity index (χ2v) is 18.8. The van der Waals surface area contributed by atoms with Gasteiger partial charge in [-0.1, -0.05) is 51.1 Å². The fraction of sp³-hybridized carbons (Fsp3) is 0.596. The van der Waals surface area contributed by atoms with Crippen LogP contribution in [0.3, 0.4) is 0 Å². The maximum Gasteiger partial charge on any atom is 0.344 e. The van der Waals surface area contributed by atoms with Crippen LogP contribution in [0, 0.1) is 16.7 Å². The fourth-order valence-electron chi connectivity index (χ4n) is 13.8. The zero-order chi connectivity index (χ0) is 41.9. The first kappa shape index (κ1) is 40.0. The molecular formula is C47H60N4O8. The number of ether oxygens (including phenoxy) is 4. The lowest BCUT2D eigenvalue weighted by molar-refractivity contribution is -0.228. The van der Waals surface area contributed by atoms with E-state index in [4.69, 9.17) is 18.9 Å². The normalized spacial score (nSPS) is 37.0. The number of aromatic amines is 1. The van der Waals surface area contributed by atoms with Crippen molar-refractivity contribution in [3.8, 4) is 5.75 Å². The number of fused-ring (bicyclic) bond motifs is 6. The Balaban J connectivity index is 1.36. The van der Waals surface area contributed by atoms with Crippen molar-refractivity contribution >= 4 is 34.5 Å². The maximum atomic E-state index is 15.4. The highest BCUT2D eigenvalue weighted by Crippen LogP contribution is 2.68. The Morgan fingerprint density at radius 2 is 1.73 bits per heavy atom.